The van der Waals surface area contributed by atoms with Gasteiger partial charge in [0.1, 0.15) is 18.5 Å². The van der Waals surface area contributed by atoms with E-state index in [1.54, 1.807) is 6.07 Å². The Kier molecular flexibility index (Phi) is 5.72. The van der Waals surface area contributed by atoms with Gasteiger partial charge in [0.05, 0.1) is 11.5 Å². The standard InChI is InChI=1S/C23H25FN2O4/c1-25-23(29)17-10-15(22(28)26-18-11-14(18)7-8-27)9-16-20(13-5-3-2-4-6-13)19(12-24)30-21(16)17/h2-6,9-10,14,18-20,27H,7-8,11-12H2,1H3,(H,25,29)(H,26,28)/t14-,18-,19-,20+/m1/s1. The van der Waals surface area contributed by atoms with Crippen molar-refractivity contribution in [3.05, 3.63) is 64.7 Å². The number of nitrogens with one attached hydrogen (secondary N) is 2. The van der Waals surface area contributed by atoms with Crippen LogP contribution in [0.25, 0.3) is 0 Å². The lowest BCUT2D eigenvalue weighted by molar-refractivity contribution is 0.0948. The van der Waals surface area contributed by atoms with Crippen LogP contribution in [0.4, 0.5) is 4.39 Å². The first kappa shape index (κ1) is 20.3. The van der Waals surface area contributed by atoms with Gasteiger partial charge in [-0.1, -0.05) is 30.3 Å². The summed E-state index contributed by atoms with van der Waals surface area (Å²) < 4.78 is 19.7. The molecule has 0 aromatic heterocycles. The Balaban J connectivity index is 1.72. The Morgan fingerprint density at radius 2 is 1.97 bits per heavy atom. The lowest BCUT2D eigenvalue weighted by atomic mass is 9.86. The zero-order valence-corrected chi connectivity index (χ0v) is 16.7. The first-order chi connectivity index (χ1) is 14.6. The number of rotatable bonds is 7. The second-order valence-electron chi connectivity index (χ2n) is 7.81. The summed E-state index contributed by atoms with van der Waals surface area (Å²) in [6, 6.07) is 12.6. The van der Waals surface area contributed by atoms with Crippen molar-refractivity contribution in [2.24, 2.45) is 5.92 Å². The summed E-state index contributed by atoms with van der Waals surface area (Å²) in [5, 5.41) is 14.6. The fourth-order valence-corrected chi connectivity index (χ4v) is 4.20. The average Bonchev–Trinajstić information content (AvgIpc) is 3.38. The Bertz CT molecular complexity index is 950. The molecule has 2 aromatic rings. The molecule has 1 saturated carbocycles. The molecule has 0 saturated heterocycles. The summed E-state index contributed by atoms with van der Waals surface area (Å²) in [5.74, 6) is -0.485. The quantitative estimate of drug-likeness (QED) is 0.652. The molecule has 1 aliphatic carbocycles. The molecular formula is C23H25FN2O4. The van der Waals surface area contributed by atoms with Crippen molar-refractivity contribution in [3.63, 3.8) is 0 Å². The fourth-order valence-electron chi connectivity index (χ4n) is 4.20. The maximum absolute atomic E-state index is 13.8. The summed E-state index contributed by atoms with van der Waals surface area (Å²) in [7, 11) is 1.50. The van der Waals surface area contributed by atoms with Gasteiger partial charge in [0, 0.05) is 30.8 Å². The third kappa shape index (κ3) is 3.77. The molecule has 0 radical (unpaired) electrons. The van der Waals surface area contributed by atoms with Crippen LogP contribution in [0.5, 0.6) is 5.75 Å². The Morgan fingerprint density at radius 3 is 2.63 bits per heavy atom. The summed E-state index contributed by atoms with van der Waals surface area (Å²) in [4.78, 5) is 25.4. The van der Waals surface area contributed by atoms with Crippen LogP contribution in [0.15, 0.2) is 42.5 Å². The van der Waals surface area contributed by atoms with Gasteiger partial charge >= 0.3 is 0 Å². The van der Waals surface area contributed by atoms with E-state index >= 15 is 0 Å². The minimum atomic E-state index is -0.763. The Labute approximate surface area is 174 Å². The number of amides is 2. The predicted octanol–water partition coefficient (Wildman–Crippen LogP) is 2.41. The van der Waals surface area contributed by atoms with Gasteiger partial charge in [0.15, 0.2) is 0 Å². The number of hydrogen-bond acceptors (Lipinski definition) is 4. The molecule has 2 aliphatic rings. The molecule has 30 heavy (non-hydrogen) atoms. The maximum atomic E-state index is 13.8. The van der Waals surface area contributed by atoms with Crippen LogP contribution >= 0.6 is 0 Å². The van der Waals surface area contributed by atoms with Crippen molar-refractivity contribution in [2.45, 2.75) is 30.9 Å². The number of alkyl halides is 1. The molecule has 0 bridgehead atoms. The summed E-state index contributed by atoms with van der Waals surface area (Å²) in [5.41, 5.74) is 2.06. The van der Waals surface area contributed by atoms with Gasteiger partial charge in [-0.2, -0.15) is 0 Å². The van der Waals surface area contributed by atoms with Crippen molar-refractivity contribution >= 4 is 11.8 Å². The first-order valence-corrected chi connectivity index (χ1v) is 10.2. The molecule has 0 unspecified atom stereocenters. The van der Waals surface area contributed by atoms with Crippen molar-refractivity contribution < 1.29 is 23.8 Å². The van der Waals surface area contributed by atoms with Crippen molar-refractivity contribution in [2.75, 3.05) is 20.3 Å². The fraction of sp³-hybridized carbons (Fsp3) is 0.391. The van der Waals surface area contributed by atoms with E-state index < -0.39 is 24.6 Å². The van der Waals surface area contributed by atoms with Crippen LogP contribution < -0.4 is 15.4 Å². The highest BCUT2D eigenvalue weighted by Gasteiger charge is 2.40. The SMILES string of the molecule is CNC(=O)c1cc(C(=O)N[C@@H]2C[C@H]2CCO)cc2c1O[C@H](CF)[C@H]2c1ccccc1. The smallest absolute Gasteiger partial charge is 0.254 e. The van der Waals surface area contributed by atoms with Crippen LogP contribution in [0, 0.1) is 5.92 Å². The van der Waals surface area contributed by atoms with Crippen molar-refractivity contribution in [1.29, 1.82) is 0 Å². The normalized spacial score (nSPS) is 24.0. The molecule has 7 heteroatoms. The topological polar surface area (TPSA) is 87.7 Å². The maximum Gasteiger partial charge on any atom is 0.254 e. The van der Waals surface area contributed by atoms with Crippen LogP contribution in [0.1, 0.15) is 50.6 Å². The van der Waals surface area contributed by atoms with Crippen molar-refractivity contribution in [3.8, 4) is 5.75 Å². The molecule has 4 rings (SSSR count). The van der Waals surface area contributed by atoms with Gasteiger partial charge in [0.2, 0.25) is 0 Å². The lowest BCUT2D eigenvalue weighted by Gasteiger charge is -2.16. The minimum absolute atomic E-state index is 0.0288. The van der Waals surface area contributed by atoms with Gasteiger partial charge in [-0.05, 0) is 36.5 Å². The van der Waals surface area contributed by atoms with E-state index in [0.29, 0.717) is 23.3 Å². The zero-order chi connectivity index (χ0) is 21.3. The summed E-state index contributed by atoms with van der Waals surface area (Å²) in [6.07, 6.45) is 0.724. The Hall–Kier alpha value is -2.93. The van der Waals surface area contributed by atoms with E-state index in [1.165, 1.54) is 13.1 Å². The van der Waals surface area contributed by atoms with E-state index in [2.05, 4.69) is 10.6 Å². The number of fused-ring (bicyclic) bond motifs is 1. The second kappa shape index (κ2) is 8.44. The van der Waals surface area contributed by atoms with E-state index in [1.807, 2.05) is 30.3 Å². The molecule has 2 amide bonds. The summed E-state index contributed by atoms with van der Waals surface area (Å²) in [6.45, 7) is -0.620. The van der Waals surface area contributed by atoms with Crippen LogP contribution in [-0.4, -0.2) is 49.4 Å². The third-order valence-corrected chi connectivity index (χ3v) is 5.88. The zero-order valence-electron chi connectivity index (χ0n) is 16.7. The molecular weight excluding hydrogens is 387 g/mol. The van der Waals surface area contributed by atoms with Crippen LogP contribution in [0.2, 0.25) is 0 Å². The number of hydrogen-bond donors (Lipinski definition) is 3. The average molecular weight is 412 g/mol. The van der Waals surface area contributed by atoms with Gasteiger partial charge < -0.3 is 20.5 Å². The molecule has 3 N–H and O–H groups in total. The molecule has 0 spiro atoms. The van der Waals surface area contributed by atoms with Crippen LogP contribution in [-0.2, 0) is 0 Å². The first-order valence-electron chi connectivity index (χ1n) is 10.2. The largest absolute Gasteiger partial charge is 0.486 e. The third-order valence-electron chi connectivity index (χ3n) is 5.88. The van der Waals surface area contributed by atoms with E-state index in [-0.39, 0.29) is 30.0 Å². The molecule has 1 heterocycles. The summed E-state index contributed by atoms with van der Waals surface area (Å²) >= 11 is 0. The van der Waals surface area contributed by atoms with E-state index in [9.17, 15) is 14.0 Å². The van der Waals surface area contributed by atoms with Crippen molar-refractivity contribution in [1.82, 2.24) is 10.6 Å². The second-order valence-corrected chi connectivity index (χ2v) is 7.81. The van der Waals surface area contributed by atoms with Gasteiger partial charge in [-0.15, -0.1) is 0 Å². The van der Waals surface area contributed by atoms with Crippen LogP contribution in [0.3, 0.4) is 0 Å². The van der Waals surface area contributed by atoms with E-state index in [4.69, 9.17) is 9.84 Å². The van der Waals surface area contributed by atoms with Gasteiger partial charge in [0.25, 0.3) is 11.8 Å². The molecule has 1 aliphatic heterocycles. The van der Waals surface area contributed by atoms with Gasteiger partial charge in [-0.3, -0.25) is 9.59 Å². The number of carbonyl (C=O) groups excluding carboxylic acids is 2. The molecule has 2 aromatic carbocycles. The predicted molar refractivity (Wildman–Crippen MR) is 110 cm³/mol. The number of halogens is 1. The monoisotopic (exact) mass is 412 g/mol. The molecule has 4 atom stereocenters. The minimum Gasteiger partial charge on any atom is -0.486 e. The highest BCUT2D eigenvalue weighted by Crippen LogP contribution is 2.45. The molecule has 6 nitrogen and oxygen atoms in total. The Morgan fingerprint density at radius 1 is 1.20 bits per heavy atom. The number of aliphatic hydroxyl groups is 1. The number of carbonyl (C=O) groups is 2. The van der Waals surface area contributed by atoms with E-state index in [0.717, 1.165) is 12.0 Å². The highest BCUT2D eigenvalue weighted by molar-refractivity contribution is 6.02. The number of benzene rings is 2. The number of ether oxygens (including phenoxy) is 1. The van der Waals surface area contributed by atoms with Gasteiger partial charge in [-0.25, -0.2) is 4.39 Å². The molecule has 158 valence electrons. The lowest BCUT2D eigenvalue weighted by Crippen LogP contribution is -2.28. The highest BCUT2D eigenvalue weighted by atomic mass is 19.1. The number of aliphatic hydroxyl groups excluding tert-OH is 1. The molecule has 1 fully saturated rings.